The number of rotatable bonds is 81. The zero-order chi connectivity index (χ0) is 66.3. The number of aliphatic hydroxyl groups excluding tert-OH is 2. The zero-order valence-corrected chi connectivity index (χ0v) is 62.8. The quantitative estimate of drug-likeness (QED) is 0.0320. The van der Waals surface area contributed by atoms with Crippen molar-refractivity contribution in [1.29, 1.82) is 0 Å². The van der Waals surface area contributed by atoms with Gasteiger partial charge in [-0.1, -0.05) is 443 Å². The van der Waals surface area contributed by atoms with Crippen LogP contribution in [0.3, 0.4) is 0 Å². The van der Waals surface area contributed by atoms with Crippen LogP contribution in [0.5, 0.6) is 0 Å². The normalized spacial score (nSPS) is 12.5. The van der Waals surface area contributed by atoms with E-state index in [4.69, 9.17) is 4.74 Å². The van der Waals surface area contributed by atoms with Crippen LogP contribution in [0.25, 0.3) is 0 Å². The molecule has 0 rings (SSSR count). The Balaban J connectivity index is 3.35. The van der Waals surface area contributed by atoms with Gasteiger partial charge in [0.1, 0.15) is 0 Å². The SMILES string of the molecule is CCCCCCCCCCCCCCCCCCCCCCCC(O)C(CO)NC(=O)CCCCCCCCCCCCCCCCCCC/C=C\C/C=C\CCCCCCCCCCCCCOC(=O)CCCCCCCCCCCCCCCCCCCCC. The summed E-state index contributed by atoms with van der Waals surface area (Å²) in [4.78, 5) is 24.7. The molecule has 0 heterocycles. The second kappa shape index (κ2) is 81.8. The largest absolute Gasteiger partial charge is 0.466 e. The smallest absolute Gasteiger partial charge is 0.305 e. The van der Waals surface area contributed by atoms with Crippen LogP contribution in [0.1, 0.15) is 489 Å². The van der Waals surface area contributed by atoms with Crippen molar-refractivity contribution in [3.05, 3.63) is 24.3 Å². The summed E-state index contributed by atoms with van der Waals surface area (Å²) in [5.74, 6) is -0.00416. The van der Waals surface area contributed by atoms with E-state index in [-0.39, 0.29) is 18.5 Å². The van der Waals surface area contributed by atoms with Crippen LogP contribution in [0.2, 0.25) is 0 Å². The average molecular weight is 1300 g/mol. The van der Waals surface area contributed by atoms with Gasteiger partial charge in [-0.2, -0.15) is 0 Å². The summed E-state index contributed by atoms with van der Waals surface area (Å²) in [7, 11) is 0. The third kappa shape index (κ3) is 77.3. The van der Waals surface area contributed by atoms with E-state index in [2.05, 4.69) is 43.5 Å². The number of esters is 1. The number of amides is 1. The van der Waals surface area contributed by atoms with E-state index in [9.17, 15) is 19.8 Å². The van der Waals surface area contributed by atoms with Crippen LogP contribution in [0.4, 0.5) is 0 Å². The summed E-state index contributed by atoms with van der Waals surface area (Å²) in [6.07, 6.45) is 106. The van der Waals surface area contributed by atoms with Crippen LogP contribution < -0.4 is 5.32 Å². The van der Waals surface area contributed by atoms with Crippen molar-refractivity contribution in [2.24, 2.45) is 0 Å². The summed E-state index contributed by atoms with van der Waals surface area (Å²) in [5.41, 5.74) is 0. The summed E-state index contributed by atoms with van der Waals surface area (Å²) >= 11 is 0. The second-order valence-corrected chi connectivity index (χ2v) is 29.5. The van der Waals surface area contributed by atoms with E-state index in [0.29, 0.717) is 25.9 Å². The first kappa shape index (κ1) is 90.3. The van der Waals surface area contributed by atoms with E-state index in [1.54, 1.807) is 0 Å². The number of aliphatic hydroxyl groups is 2. The Morgan fingerprint density at radius 2 is 0.543 bits per heavy atom. The molecular formula is C86H167NO5. The number of hydrogen-bond donors (Lipinski definition) is 3. The van der Waals surface area contributed by atoms with Gasteiger partial charge in [0, 0.05) is 12.8 Å². The summed E-state index contributed by atoms with van der Waals surface area (Å²) in [6.45, 7) is 5.02. The van der Waals surface area contributed by atoms with Gasteiger partial charge >= 0.3 is 5.97 Å². The molecule has 0 aliphatic rings. The Labute approximate surface area is 577 Å². The van der Waals surface area contributed by atoms with Gasteiger partial charge in [0.05, 0.1) is 25.4 Å². The van der Waals surface area contributed by atoms with Gasteiger partial charge < -0.3 is 20.3 Å². The molecule has 0 aliphatic carbocycles. The molecule has 0 aromatic heterocycles. The molecule has 0 saturated carbocycles. The van der Waals surface area contributed by atoms with Crippen LogP contribution in [0.15, 0.2) is 24.3 Å². The first-order valence-corrected chi connectivity index (χ1v) is 42.6. The maximum absolute atomic E-state index is 12.6. The van der Waals surface area contributed by atoms with Crippen LogP contribution in [0, 0.1) is 0 Å². The number of nitrogens with one attached hydrogen (secondary N) is 1. The van der Waals surface area contributed by atoms with Crippen molar-refractivity contribution in [3.8, 4) is 0 Å². The summed E-state index contributed by atoms with van der Waals surface area (Å²) in [5, 5.41) is 23.5. The maximum Gasteiger partial charge on any atom is 0.305 e. The van der Waals surface area contributed by atoms with Crippen molar-refractivity contribution < 1.29 is 24.5 Å². The van der Waals surface area contributed by atoms with Crippen molar-refractivity contribution in [2.45, 2.75) is 501 Å². The van der Waals surface area contributed by atoms with Gasteiger partial charge in [-0.3, -0.25) is 9.59 Å². The number of ether oxygens (including phenoxy) is 1. The van der Waals surface area contributed by atoms with Crippen molar-refractivity contribution >= 4 is 11.9 Å². The van der Waals surface area contributed by atoms with Crippen molar-refractivity contribution in [2.75, 3.05) is 13.2 Å². The van der Waals surface area contributed by atoms with Crippen LogP contribution in [-0.4, -0.2) is 47.4 Å². The minimum Gasteiger partial charge on any atom is -0.466 e. The Morgan fingerprint density at radius 3 is 0.826 bits per heavy atom. The highest BCUT2D eigenvalue weighted by molar-refractivity contribution is 5.76. The van der Waals surface area contributed by atoms with E-state index >= 15 is 0 Å². The van der Waals surface area contributed by atoms with Crippen molar-refractivity contribution in [3.63, 3.8) is 0 Å². The molecular weight excluding hydrogens is 1130 g/mol. The molecule has 6 heteroatoms. The predicted molar refractivity (Wildman–Crippen MR) is 407 cm³/mol. The molecule has 1 amide bonds. The van der Waals surface area contributed by atoms with E-state index in [0.717, 1.165) is 44.9 Å². The molecule has 0 aromatic carbocycles. The molecule has 3 N–H and O–H groups in total. The highest BCUT2D eigenvalue weighted by atomic mass is 16.5. The van der Waals surface area contributed by atoms with Gasteiger partial charge in [0.25, 0.3) is 0 Å². The molecule has 546 valence electrons. The third-order valence-corrected chi connectivity index (χ3v) is 20.3. The number of unbranched alkanes of at least 4 members (excludes halogenated alkanes) is 66. The molecule has 6 nitrogen and oxygen atoms in total. The van der Waals surface area contributed by atoms with Crippen LogP contribution in [-0.2, 0) is 14.3 Å². The summed E-state index contributed by atoms with van der Waals surface area (Å²) in [6, 6.07) is -0.541. The molecule has 0 radical (unpaired) electrons. The predicted octanol–water partition coefficient (Wildman–Crippen LogP) is 28.4. The first-order valence-electron chi connectivity index (χ1n) is 42.6. The minimum atomic E-state index is -0.664. The highest BCUT2D eigenvalue weighted by Gasteiger charge is 2.20. The Bertz CT molecular complexity index is 1450. The molecule has 0 aromatic rings. The zero-order valence-electron chi connectivity index (χ0n) is 62.8. The number of hydrogen-bond acceptors (Lipinski definition) is 5. The fraction of sp³-hybridized carbons (Fsp3) is 0.930. The highest BCUT2D eigenvalue weighted by Crippen LogP contribution is 2.21. The Morgan fingerprint density at radius 1 is 0.304 bits per heavy atom. The van der Waals surface area contributed by atoms with Gasteiger partial charge in [0.15, 0.2) is 0 Å². The maximum atomic E-state index is 12.6. The summed E-state index contributed by atoms with van der Waals surface area (Å²) < 4.78 is 5.52. The molecule has 92 heavy (non-hydrogen) atoms. The van der Waals surface area contributed by atoms with Crippen LogP contribution >= 0.6 is 0 Å². The third-order valence-electron chi connectivity index (χ3n) is 20.3. The molecule has 2 atom stereocenters. The van der Waals surface area contributed by atoms with Gasteiger partial charge in [-0.05, 0) is 57.8 Å². The molecule has 2 unspecified atom stereocenters. The first-order chi connectivity index (χ1) is 45.5. The fourth-order valence-corrected chi connectivity index (χ4v) is 13.8. The van der Waals surface area contributed by atoms with E-state index in [1.807, 2.05) is 0 Å². The van der Waals surface area contributed by atoms with Gasteiger partial charge in [0.2, 0.25) is 5.91 Å². The molecule has 0 aliphatic heterocycles. The monoisotopic (exact) mass is 1290 g/mol. The lowest BCUT2D eigenvalue weighted by molar-refractivity contribution is -0.143. The molecule has 0 fully saturated rings. The number of allylic oxidation sites excluding steroid dienone is 4. The molecule has 0 saturated heterocycles. The van der Waals surface area contributed by atoms with E-state index in [1.165, 1.54) is 411 Å². The Kier molecular flexibility index (Phi) is 80.3. The lowest BCUT2D eigenvalue weighted by Crippen LogP contribution is -2.45. The molecule has 0 bridgehead atoms. The topological polar surface area (TPSA) is 95.9 Å². The standard InChI is InChI=1S/C86H167NO5/c1-3-5-7-9-11-13-15-17-19-21-23-39-43-46-50-54-58-62-66-70-74-78-84(89)83(82-88)87-85(90)79-75-71-67-63-59-55-51-47-44-40-37-35-33-31-29-27-25-24-26-28-30-32-34-36-38-41-45-49-53-57-61-65-69-73-77-81-92-86(91)80-76-72-68-64-60-56-52-48-42-22-20-18-16-14-12-10-8-6-4-2/h26,28,32,34,83-84,88-89H,3-25,27,29-31,33,35-82H2,1-2H3,(H,87,90)/b28-26-,34-32-. The average Bonchev–Trinajstić information content (AvgIpc) is 3.63. The van der Waals surface area contributed by atoms with Crippen molar-refractivity contribution in [1.82, 2.24) is 5.32 Å². The minimum absolute atomic E-state index is 0.0229. The second-order valence-electron chi connectivity index (χ2n) is 29.5. The Hall–Kier alpha value is -1.66. The van der Waals surface area contributed by atoms with E-state index < -0.39 is 12.1 Å². The fourth-order valence-electron chi connectivity index (χ4n) is 13.8. The number of carbonyl (C=O) groups is 2. The lowest BCUT2D eigenvalue weighted by atomic mass is 10.0. The number of carbonyl (C=O) groups excluding carboxylic acids is 2. The van der Waals surface area contributed by atoms with Gasteiger partial charge in [-0.15, -0.1) is 0 Å². The lowest BCUT2D eigenvalue weighted by Gasteiger charge is -2.22. The van der Waals surface area contributed by atoms with Gasteiger partial charge in [-0.25, -0.2) is 0 Å². The molecule has 0 spiro atoms.